The SMILES string of the molecule is COC(=O)C[C@H](NC(=O)NC1CCC(SC)C1)C(=O)O. The summed E-state index contributed by atoms with van der Waals surface area (Å²) in [5.41, 5.74) is 0. The number of carbonyl (C=O) groups is 3. The third kappa shape index (κ3) is 5.28. The molecule has 1 saturated carbocycles. The van der Waals surface area contributed by atoms with Gasteiger partial charge in [0.15, 0.2) is 0 Å². The van der Waals surface area contributed by atoms with Crippen molar-refractivity contribution in [1.82, 2.24) is 10.6 Å². The Morgan fingerprint density at radius 3 is 2.60 bits per heavy atom. The summed E-state index contributed by atoms with van der Waals surface area (Å²) < 4.78 is 4.40. The van der Waals surface area contributed by atoms with Crippen LogP contribution in [0, 0.1) is 0 Å². The van der Waals surface area contributed by atoms with Crippen molar-refractivity contribution in [3.8, 4) is 0 Å². The zero-order valence-electron chi connectivity index (χ0n) is 11.5. The lowest BCUT2D eigenvalue weighted by atomic mass is 10.2. The first-order chi connectivity index (χ1) is 9.46. The second-order valence-electron chi connectivity index (χ2n) is 4.66. The highest BCUT2D eigenvalue weighted by Gasteiger charge is 2.28. The van der Waals surface area contributed by atoms with E-state index in [-0.39, 0.29) is 6.04 Å². The molecule has 0 heterocycles. The molecule has 0 bridgehead atoms. The molecule has 2 unspecified atom stereocenters. The van der Waals surface area contributed by atoms with E-state index in [2.05, 4.69) is 15.4 Å². The Labute approximate surface area is 121 Å². The van der Waals surface area contributed by atoms with Crippen molar-refractivity contribution in [3.63, 3.8) is 0 Å². The summed E-state index contributed by atoms with van der Waals surface area (Å²) in [4.78, 5) is 33.8. The van der Waals surface area contributed by atoms with E-state index in [0.717, 1.165) is 19.3 Å². The maximum Gasteiger partial charge on any atom is 0.326 e. The zero-order valence-corrected chi connectivity index (χ0v) is 12.4. The fourth-order valence-corrected chi connectivity index (χ4v) is 2.92. The molecule has 0 aliphatic heterocycles. The van der Waals surface area contributed by atoms with Gasteiger partial charge in [-0.2, -0.15) is 11.8 Å². The van der Waals surface area contributed by atoms with Gasteiger partial charge in [-0.05, 0) is 25.5 Å². The second kappa shape index (κ2) is 7.98. The van der Waals surface area contributed by atoms with E-state index in [0.29, 0.717) is 5.25 Å². The molecule has 0 aromatic rings. The summed E-state index contributed by atoms with van der Waals surface area (Å²) in [6.45, 7) is 0. The van der Waals surface area contributed by atoms with Crippen LogP contribution in [0.4, 0.5) is 4.79 Å². The van der Waals surface area contributed by atoms with E-state index < -0.39 is 30.4 Å². The van der Waals surface area contributed by atoms with Crippen molar-refractivity contribution in [2.75, 3.05) is 13.4 Å². The number of carboxylic acids is 1. The van der Waals surface area contributed by atoms with Crippen molar-refractivity contribution in [2.24, 2.45) is 0 Å². The third-order valence-corrected chi connectivity index (χ3v) is 4.35. The topological polar surface area (TPSA) is 105 Å². The Kier molecular flexibility index (Phi) is 6.63. The number of esters is 1. The molecule has 7 nitrogen and oxygen atoms in total. The predicted octanol–water partition coefficient (Wildman–Crippen LogP) is 0.586. The molecule has 1 fully saturated rings. The summed E-state index contributed by atoms with van der Waals surface area (Å²) >= 11 is 1.77. The van der Waals surface area contributed by atoms with Crippen LogP contribution in [0.5, 0.6) is 0 Å². The summed E-state index contributed by atoms with van der Waals surface area (Å²) in [6.07, 6.45) is 4.44. The molecule has 3 N–H and O–H groups in total. The van der Waals surface area contributed by atoms with Crippen LogP contribution in [0.3, 0.4) is 0 Å². The Bertz CT molecular complexity index is 377. The summed E-state index contributed by atoms with van der Waals surface area (Å²) in [7, 11) is 1.17. The molecule has 0 saturated heterocycles. The number of urea groups is 1. The lowest BCUT2D eigenvalue weighted by Gasteiger charge is -2.17. The Balaban J connectivity index is 2.42. The standard InChI is InChI=1S/C12H20N2O5S/c1-19-10(15)6-9(11(16)17)14-12(18)13-7-3-4-8(5-7)20-2/h7-9H,3-6H2,1-2H3,(H,16,17)(H2,13,14,18)/t7?,8?,9-/m0/s1. The summed E-state index contributed by atoms with van der Waals surface area (Å²) in [5, 5.41) is 14.5. The van der Waals surface area contributed by atoms with Gasteiger partial charge in [0, 0.05) is 11.3 Å². The average Bonchev–Trinajstić information content (AvgIpc) is 2.85. The maximum atomic E-state index is 11.7. The molecule has 0 radical (unpaired) electrons. The van der Waals surface area contributed by atoms with Gasteiger partial charge in [-0.3, -0.25) is 4.79 Å². The number of rotatable bonds is 6. The van der Waals surface area contributed by atoms with E-state index in [1.807, 2.05) is 6.26 Å². The van der Waals surface area contributed by atoms with Crippen LogP contribution >= 0.6 is 11.8 Å². The van der Waals surface area contributed by atoms with Crippen LogP contribution in [0.15, 0.2) is 0 Å². The molecular weight excluding hydrogens is 284 g/mol. The first kappa shape index (κ1) is 16.6. The second-order valence-corrected chi connectivity index (χ2v) is 5.79. The van der Waals surface area contributed by atoms with E-state index in [4.69, 9.17) is 5.11 Å². The number of hydrogen-bond acceptors (Lipinski definition) is 5. The molecule has 0 spiro atoms. The largest absolute Gasteiger partial charge is 0.480 e. The van der Waals surface area contributed by atoms with Crippen LogP contribution in [0.25, 0.3) is 0 Å². The Hall–Kier alpha value is -1.44. The number of methoxy groups -OCH3 is 1. The van der Waals surface area contributed by atoms with Crippen molar-refractivity contribution in [3.05, 3.63) is 0 Å². The number of amides is 2. The third-order valence-electron chi connectivity index (χ3n) is 3.25. The van der Waals surface area contributed by atoms with Crippen molar-refractivity contribution in [1.29, 1.82) is 0 Å². The number of aliphatic carboxylic acids is 1. The van der Waals surface area contributed by atoms with Gasteiger partial charge in [0.25, 0.3) is 0 Å². The average molecular weight is 304 g/mol. The van der Waals surface area contributed by atoms with E-state index >= 15 is 0 Å². The smallest absolute Gasteiger partial charge is 0.326 e. The molecule has 1 aliphatic carbocycles. The molecule has 1 aliphatic rings. The van der Waals surface area contributed by atoms with Crippen LogP contribution in [-0.4, -0.2) is 53.8 Å². The first-order valence-corrected chi connectivity index (χ1v) is 7.64. The van der Waals surface area contributed by atoms with Gasteiger partial charge in [-0.25, -0.2) is 9.59 Å². The Morgan fingerprint density at radius 2 is 2.10 bits per heavy atom. The van der Waals surface area contributed by atoms with Crippen LogP contribution < -0.4 is 10.6 Å². The lowest BCUT2D eigenvalue weighted by molar-refractivity contribution is -0.147. The van der Waals surface area contributed by atoms with Gasteiger partial charge in [0.1, 0.15) is 6.04 Å². The van der Waals surface area contributed by atoms with Gasteiger partial charge in [0.2, 0.25) is 0 Å². The van der Waals surface area contributed by atoms with Crippen molar-refractivity contribution < 1.29 is 24.2 Å². The minimum Gasteiger partial charge on any atom is -0.480 e. The van der Waals surface area contributed by atoms with Crippen LogP contribution in [0.2, 0.25) is 0 Å². The lowest BCUT2D eigenvalue weighted by Crippen LogP contribution is -2.49. The van der Waals surface area contributed by atoms with Gasteiger partial charge in [-0.15, -0.1) is 0 Å². The number of ether oxygens (including phenoxy) is 1. The van der Waals surface area contributed by atoms with E-state index in [9.17, 15) is 14.4 Å². The number of carbonyl (C=O) groups excluding carboxylic acids is 2. The minimum atomic E-state index is -1.28. The molecule has 2 amide bonds. The van der Waals surface area contributed by atoms with Crippen LogP contribution in [0.1, 0.15) is 25.7 Å². The number of carboxylic acid groups (broad SMARTS) is 1. The Morgan fingerprint density at radius 1 is 1.40 bits per heavy atom. The quantitative estimate of drug-likeness (QED) is 0.620. The molecule has 0 aromatic carbocycles. The van der Waals surface area contributed by atoms with E-state index in [1.54, 1.807) is 11.8 Å². The highest BCUT2D eigenvalue weighted by Crippen LogP contribution is 2.27. The number of hydrogen-bond donors (Lipinski definition) is 3. The maximum absolute atomic E-state index is 11.7. The fourth-order valence-electron chi connectivity index (χ4n) is 2.12. The fraction of sp³-hybridized carbons (Fsp3) is 0.750. The number of thioether (sulfide) groups is 1. The molecule has 20 heavy (non-hydrogen) atoms. The molecular formula is C12H20N2O5S. The van der Waals surface area contributed by atoms with Gasteiger partial charge < -0.3 is 20.5 Å². The number of nitrogens with one attached hydrogen (secondary N) is 2. The van der Waals surface area contributed by atoms with Crippen molar-refractivity contribution >= 4 is 29.7 Å². The van der Waals surface area contributed by atoms with Gasteiger partial charge in [-0.1, -0.05) is 0 Å². The van der Waals surface area contributed by atoms with Gasteiger partial charge >= 0.3 is 18.0 Å². The minimum absolute atomic E-state index is 0.0556. The zero-order chi connectivity index (χ0) is 15.1. The van der Waals surface area contributed by atoms with Gasteiger partial charge in [0.05, 0.1) is 13.5 Å². The monoisotopic (exact) mass is 304 g/mol. The molecule has 8 heteroatoms. The van der Waals surface area contributed by atoms with Crippen molar-refractivity contribution in [2.45, 2.75) is 43.0 Å². The molecule has 3 atom stereocenters. The summed E-state index contributed by atoms with van der Waals surface area (Å²) in [5.74, 6) is -1.94. The normalized spacial score (nSPS) is 22.9. The molecule has 1 rings (SSSR count). The van der Waals surface area contributed by atoms with Crippen LogP contribution in [-0.2, 0) is 14.3 Å². The highest BCUT2D eigenvalue weighted by molar-refractivity contribution is 7.99. The van der Waals surface area contributed by atoms with E-state index in [1.165, 1.54) is 7.11 Å². The highest BCUT2D eigenvalue weighted by atomic mass is 32.2. The summed E-state index contributed by atoms with van der Waals surface area (Å²) in [6, 6.07) is -1.78. The molecule has 114 valence electrons. The molecule has 0 aromatic heterocycles. The first-order valence-electron chi connectivity index (χ1n) is 6.35. The predicted molar refractivity (Wildman–Crippen MR) is 74.7 cm³/mol.